The lowest BCUT2D eigenvalue weighted by Crippen LogP contribution is -2.42. The average molecular weight is 494 g/mol. The summed E-state index contributed by atoms with van der Waals surface area (Å²) < 4.78 is 53.2. The number of piperidine rings is 1. The van der Waals surface area contributed by atoms with E-state index in [4.69, 9.17) is 0 Å². The number of nitrogens with zero attached hydrogens (tertiary/aromatic N) is 2. The van der Waals surface area contributed by atoms with Crippen LogP contribution in [0.5, 0.6) is 0 Å². The van der Waals surface area contributed by atoms with Crippen molar-refractivity contribution in [3.05, 3.63) is 54.1 Å². The molecule has 2 unspecified atom stereocenters. The predicted octanol–water partition coefficient (Wildman–Crippen LogP) is 3.07. The Bertz CT molecular complexity index is 1200. The molecule has 0 aliphatic carbocycles. The number of aryl methyl sites for hydroxylation is 1. The van der Waals surface area contributed by atoms with Gasteiger partial charge in [0.05, 0.1) is 16.8 Å². The van der Waals surface area contributed by atoms with Gasteiger partial charge in [0.25, 0.3) is 0 Å². The quantitative estimate of drug-likeness (QED) is 0.638. The molecule has 180 valence electrons. The Morgan fingerprint density at radius 2 is 1.58 bits per heavy atom. The lowest BCUT2D eigenvalue weighted by atomic mass is 9.94. The maximum atomic E-state index is 13.0. The number of para-hydroxylation sites is 1. The topological polar surface area (TPSA) is 104 Å². The number of rotatable bonds is 7. The van der Waals surface area contributed by atoms with Crippen molar-refractivity contribution in [2.45, 2.75) is 32.1 Å². The first-order chi connectivity index (χ1) is 15.4. The normalized spacial score (nSPS) is 19.8. The number of carbonyl (C=O) groups is 1. The third-order valence-corrected chi connectivity index (χ3v) is 8.66. The lowest BCUT2D eigenvalue weighted by Gasteiger charge is -2.34. The lowest BCUT2D eigenvalue weighted by molar-refractivity contribution is -0.114. The molecule has 33 heavy (non-hydrogen) atoms. The first-order valence-electron chi connectivity index (χ1n) is 10.8. The third kappa shape index (κ3) is 6.13. The van der Waals surface area contributed by atoms with Crippen LogP contribution in [0.25, 0.3) is 0 Å². The minimum absolute atomic E-state index is 0.166. The van der Waals surface area contributed by atoms with Gasteiger partial charge in [-0.15, -0.1) is 0 Å². The molecule has 2 aromatic carbocycles. The van der Waals surface area contributed by atoms with Gasteiger partial charge < -0.3 is 5.32 Å². The number of amides is 1. The second-order valence-electron chi connectivity index (χ2n) is 8.90. The van der Waals surface area contributed by atoms with Crippen molar-refractivity contribution in [3.8, 4) is 0 Å². The molecule has 1 N–H and O–H groups in total. The zero-order chi connectivity index (χ0) is 24.4. The molecule has 1 saturated heterocycles. The molecule has 2 aromatic rings. The fraction of sp³-hybridized carbons (Fsp3) is 0.435. The minimum atomic E-state index is -3.69. The summed E-state index contributed by atoms with van der Waals surface area (Å²) in [6.07, 6.45) is 2.05. The molecule has 1 aliphatic heterocycles. The summed E-state index contributed by atoms with van der Waals surface area (Å²) in [5.41, 5.74) is 1.55. The summed E-state index contributed by atoms with van der Waals surface area (Å²) in [5.74, 6) is 0.0687. The van der Waals surface area contributed by atoms with E-state index >= 15 is 0 Å². The van der Waals surface area contributed by atoms with Crippen LogP contribution in [0, 0.1) is 18.8 Å². The number of nitrogens with one attached hydrogen (secondary N) is 1. The van der Waals surface area contributed by atoms with Crippen molar-refractivity contribution < 1.29 is 21.6 Å². The Labute approximate surface area is 196 Å². The van der Waals surface area contributed by atoms with E-state index in [0.717, 1.165) is 22.5 Å². The standard InChI is InChI=1S/C23H31N3O5S2/c1-17-13-18(2)15-25(14-17)33(30,31)21-11-9-20(10-12-21)24-23(27)16-26(32(4,28)29)22-8-6-5-7-19(22)3/h5-12,17-18H,13-16H2,1-4H3,(H,24,27). The van der Waals surface area contributed by atoms with Crippen molar-refractivity contribution >= 4 is 37.3 Å². The first-order valence-corrected chi connectivity index (χ1v) is 14.1. The molecule has 2 atom stereocenters. The van der Waals surface area contributed by atoms with Gasteiger partial charge in [-0.2, -0.15) is 4.31 Å². The smallest absolute Gasteiger partial charge is 0.245 e. The average Bonchev–Trinajstić information content (AvgIpc) is 2.71. The van der Waals surface area contributed by atoms with Gasteiger partial charge in [-0.3, -0.25) is 9.10 Å². The number of sulfonamides is 2. The number of carbonyl (C=O) groups excluding carboxylic acids is 1. The SMILES string of the molecule is Cc1ccccc1N(CC(=O)Nc1ccc(S(=O)(=O)N2CC(C)CC(C)C2)cc1)S(C)(=O)=O. The molecular weight excluding hydrogens is 462 g/mol. The molecule has 0 saturated carbocycles. The van der Waals surface area contributed by atoms with Crippen molar-refractivity contribution in [2.75, 3.05) is 35.5 Å². The van der Waals surface area contributed by atoms with Crippen molar-refractivity contribution in [2.24, 2.45) is 11.8 Å². The van der Waals surface area contributed by atoms with Gasteiger partial charge >= 0.3 is 0 Å². The van der Waals surface area contributed by atoms with Crippen LogP contribution in [0.4, 0.5) is 11.4 Å². The Balaban J connectivity index is 1.73. The Morgan fingerprint density at radius 1 is 1.00 bits per heavy atom. The molecular formula is C23H31N3O5S2. The van der Waals surface area contributed by atoms with Crippen LogP contribution >= 0.6 is 0 Å². The van der Waals surface area contributed by atoms with E-state index in [1.807, 2.05) is 13.8 Å². The first kappa shape index (κ1) is 25.2. The summed E-state index contributed by atoms with van der Waals surface area (Å²) >= 11 is 0. The van der Waals surface area contributed by atoms with Crippen LogP contribution in [0.15, 0.2) is 53.4 Å². The van der Waals surface area contributed by atoms with Crippen molar-refractivity contribution in [3.63, 3.8) is 0 Å². The molecule has 0 aromatic heterocycles. The van der Waals surface area contributed by atoms with Crippen LogP contribution in [0.2, 0.25) is 0 Å². The van der Waals surface area contributed by atoms with E-state index < -0.39 is 32.5 Å². The van der Waals surface area contributed by atoms with Crippen LogP contribution in [0.1, 0.15) is 25.8 Å². The molecule has 8 nitrogen and oxygen atoms in total. The van der Waals surface area contributed by atoms with Gasteiger partial charge in [0.15, 0.2) is 0 Å². The van der Waals surface area contributed by atoms with Crippen LogP contribution < -0.4 is 9.62 Å². The highest BCUT2D eigenvalue weighted by molar-refractivity contribution is 7.92. The summed E-state index contributed by atoms with van der Waals surface area (Å²) in [5, 5.41) is 2.65. The zero-order valence-corrected chi connectivity index (χ0v) is 21.0. The highest BCUT2D eigenvalue weighted by atomic mass is 32.2. The summed E-state index contributed by atoms with van der Waals surface area (Å²) in [4.78, 5) is 12.8. The van der Waals surface area contributed by atoms with E-state index in [0.29, 0.717) is 36.3 Å². The monoisotopic (exact) mass is 493 g/mol. The van der Waals surface area contributed by atoms with Crippen LogP contribution in [-0.2, 0) is 24.8 Å². The van der Waals surface area contributed by atoms with Gasteiger partial charge in [-0.1, -0.05) is 32.0 Å². The Kier molecular flexibility index (Phi) is 7.50. The van der Waals surface area contributed by atoms with Crippen molar-refractivity contribution in [1.82, 2.24) is 4.31 Å². The van der Waals surface area contributed by atoms with E-state index in [2.05, 4.69) is 5.32 Å². The van der Waals surface area contributed by atoms with Crippen molar-refractivity contribution in [1.29, 1.82) is 0 Å². The van der Waals surface area contributed by atoms with E-state index in [1.165, 1.54) is 28.6 Å². The molecule has 0 bridgehead atoms. The highest BCUT2D eigenvalue weighted by Crippen LogP contribution is 2.27. The highest BCUT2D eigenvalue weighted by Gasteiger charge is 2.31. The largest absolute Gasteiger partial charge is 0.325 e. The van der Waals surface area contributed by atoms with E-state index in [-0.39, 0.29) is 4.90 Å². The Morgan fingerprint density at radius 3 is 2.12 bits per heavy atom. The summed E-state index contributed by atoms with van der Waals surface area (Å²) in [6, 6.07) is 12.9. The molecule has 3 rings (SSSR count). The van der Waals surface area contributed by atoms with Gasteiger partial charge in [0, 0.05) is 18.8 Å². The number of hydrogen-bond donors (Lipinski definition) is 1. The summed E-state index contributed by atoms with van der Waals surface area (Å²) in [7, 11) is -7.31. The fourth-order valence-electron chi connectivity index (χ4n) is 4.22. The Hall–Kier alpha value is -2.43. The van der Waals surface area contributed by atoms with E-state index in [9.17, 15) is 21.6 Å². The molecule has 10 heteroatoms. The second-order valence-corrected chi connectivity index (χ2v) is 12.7. The number of benzene rings is 2. The maximum Gasteiger partial charge on any atom is 0.245 e. The van der Waals surface area contributed by atoms with E-state index in [1.54, 1.807) is 31.2 Å². The molecule has 1 aliphatic rings. The molecule has 1 fully saturated rings. The van der Waals surface area contributed by atoms with Crippen LogP contribution in [0.3, 0.4) is 0 Å². The van der Waals surface area contributed by atoms with Gasteiger partial charge in [-0.05, 0) is 61.1 Å². The molecule has 1 amide bonds. The predicted molar refractivity (Wildman–Crippen MR) is 130 cm³/mol. The fourth-order valence-corrected chi connectivity index (χ4v) is 6.81. The third-order valence-electron chi connectivity index (χ3n) is 5.68. The van der Waals surface area contributed by atoms with Crippen LogP contribution in [-0.4, -0.2) is 52.9 Å². The minimum Gasteiger partial charge on any atom is -0.325 e. The number of anilines is 2. The molecule has 0 radical (unpaired) electrons. The molecule has 0 spiro atoms. The molecule has 1 heterocycles. The zero-order valence-electron chi connectivity index (χ0n) is 19.4. The number of hydrogen-bond acceptors (Lipinski definition) is 5. The maximum absolute atomic E-state index is 13.0. The van der Waals surface area contributed by atoms with Gasteiger partial charge in [0.1, 0.15) is 6.54 Å². The summed E-state index contributed by atoms with van der Waals surface area (Å²) in [6.45, 7) is 6.46. The van der Waals surface area contributed by atoms with Gasteiger partial charge in [0.2, 0.25) is 26.0 Å². The second kappa shape index (κ2) is 9.82. The van der Waals surface area contributed by atoms with Gasteiger partial charge in [-0.25, -0.2) is 16.8 Å².